The predicted molar refractivity (Wildman–Crippen MR) is 58.4 cm³/mol. The topological polar surface area (TPSA) is 12.0 Å². The van der Waals surface area contributed by atoms with Crippen molar-refractivity contribution in [3.8, 4) is 0 Å². The molecule has 0 unspecified atom stereocenters. The Morgan fingerprint density at radius 3 is 2.62 bits per heavy atom. The number of alkyl halides is 3. The van der Waals surface area contributed by atoms with E-state index >= 15 is 0 Å². The van der Waals surface area contributed by atoms with Crippen LogP contribution in [0, 0.1) is 6.92 Å². The number of rotatable bonds is 5. The van der Waals surface area contributed by atoms with Crippen molar-refractivity contribution < 1.29 is 13.2 Å². The van der Waals surface area contributed by atoms with E-state index in [9.17, 15) is 13.2 Å². The lowest BCUT2D eigenvalue weighted by Gasteiger charge is -2.08. The molecule has 0 aromatic heterocycles. The highest BCUT2D eigenvalue weighted by Crippen LogP contribution is 2.12. The maximum Gasteiger partial charge on any atom is 0.401 e. The van der Waals surface area contributed by atoms with Gasteiger partial charge in [-0.3, -0.25) is 0 Å². The average Bonchev–Trinajstić information content (AvgIpc) is 2.15. The Labute approximate surface area is 93.7 Å². The van der Waals surface area contributed by atoms with Gasteiger partial charge in [-0.2, -0.15) is 13.2 Å². The minimum atomic E-state index is -4.11. The van der Waals surface area contributed by atoms with Gasteiger partial charge in [0.2, 0.25) is 0 Å². The van der Waals surface area contributed by atoms with Gasteiger partial charge >= 0.3 is 6.18 Å². The molecule has 0 aliphatic heterocycles. The lowest BCUT2D eigenvalue weighted by atomic mass is 10.1. The molecule has 1 aromatic rings. The van der Waals surface area contributed by atoms with Crippen LogP contribution >= 0.6 is 0 Å². The van der Waals surface area contributed by atoms with Gasteiger partial charge in [0.1, 0.15) is 0 Å². The number of nitrogens with one attached hydrogen (secondary N) is 1. The van der Waals surface area contributed by atoms with Crippen molar-refractivity contribution in [2.45, 2.75) is 25.9 Å². The molecule has 0 saturated heterocycles. The van der Waals surface area contributed by atoms with Crippen molar-refractivity contribution in [2.75, 3.05) is 13.1 Å². The van der Waals surface area contributed by atoms with E-state index in [0.717, 1.165) is 12.8 Å². The van der Waals surface area contributed by atoms with E-state index in [1.807, 2.05) is 25.1 Å². The molecule has 0 heterocycles. The fraction of sp³-hybridized carbons (Fsp3) is 0.500. The highest BCUT2D eigenvalue weighted by molar-refractivity contribution is 5.22. The van der Waals surface area contributed by atoms with Crippen LogP contribution in [0.4, 0.5) is 13.2 Å². The molecule has 1 N–H and O–H groups in total. The van der Waals surface area contributed by atoms with Gasteiger partial charge in [-0.25, -0.2) is 0 Å². The molecule has 0 aliphatic rings. The third-order valence-corrected chi connectivity index (χ3v) is 2.23. The molecule has 0 radical (unpaired) electrons. The lowest BCUT2D eigenvalue weighted by molar-refractivity contribution is -0.124. The molecule has 0 spiro atoms. The Morgan fingerprint density at radius 1 is 1.25 bits per heavy atom. The fourth-order valence-electron chi connectivity index (χ4n) is 1.52. The third-order valence-electron chi connectivity index (χ3n) is 2.23. The van der Waals surface area contributed by atoms with Crippen molar-refractivity contribution in [2.24, 2.45) is 0 Å². The van der Waals surface area contributed by atoms with E-state index in [1.165, 1.54) is 11.1 Å². The Kier molecular flexibility index (Phi) is 4.80. The molecule has 90 valence electrons. The summed E-state index contributed by atoms with van der Waals surface area (Å²) < 4.78 is 35.4. The zero-order valence-electron chi connectivity index (χ0n) is 9.27. The number of aryl methyl sites for hydroxylation is 2. The summed E-state index contributed by atoms with van der Waals surface area (Å²) in [6, 6.07) is 8.03. The van der Waals surface area contributed by atoms with Crippen LogP contribution in [0.5, 0.6) is 0 Å². The van der Waals surface area contributed by atoms with Crippen molar-refractivity contribution in [3.05, 3.63) is 35.4 Å². The largest absolute Gasteiger partial charge is 0.401 e. The normalized spacial score (nSPS) is 11.8. The summed E-state index contributed by atoms with van der Waals surface area (Å²) in [4.78, 5) is 0. The molecule has 0 bridgehead atoms. The number of benzene rings is 1. The lowest BCUT2D eigenvalue weighted by Crippen LogP contribution is -2.29. The van der Waals surface area contributed by atoms with E-state index in [1.54, 1.807) is 0 Å². The monoisotopic (exact) mass is 231 g/mol. The Morgan fingerprint density at radius 2 is 2.00 bits per heavy atom. The minimum absolute atomic E-state index is 0.396. The molecule has 0 saturated carbocycles. The minimum Gasteiger partial charge on any atom is -0.309 e. The standard InChI is InChI=1S/C12H16F3N/c1-10-4-2-5-11(8-10)6-3-7-16-9-12(13,14)15/h2,4-5,8,16H,3,6-7,9H2,1H3. The van der Waals surface area contributed by atoms with Crippen LogP contribution in [0.25, 0.3) is 0 Å². The van der Waals surface area contributed by atoms with Gasteiger partial charge in [0.05, 0.1) is 6.54 Å². The molecular weight excluding hydrogens is 215 g/mol. The first kappa shape index (κ1) is 13.0. The molecule has 1 rings (SSSR count). The van der Waals surface area contributed by atoms with Gasteiger partial charge < -0.3 is 5.32 Å². The van der Waals surface area contributed by atoms with Gasteiger partial charge in [0, 0.05) is 0 Å². The van der Waals surface area contributed by atoms with Crippen LogP contribution in [-0.2, 0) is 6.42 Å². The molecular formula is C12H16F3N. The molecule has 0 amide bonds. The first-order valence-corrected chi connectivity index (χ1v) is 5.30. The van der Waals surface area contributed by atoms with Crippen molar-refractivity contribution in [1.82, 2.24) is 5.32 Å². The van der Waals surface area contributed by atoms with Crippen molar-refractivity contribution in [1.29, 1.82) is 0 Å². The summed E-state index contributed by atoms with van der Waals surface area (Å²) in [5.41, 5.74) is 2.36. The third kappa shape index (κ3) is 5.75. The molecule has 1 nitrogen and oxygen atoms in total. The van der Waals surface area contributed by atoms with Crippen LogP contribution in [0.2, 0.25) is 0 Å². The van der Waals surface area contributed by atoms with Gasteiger partial charge in [0.25, 0.3) is 0 Å². The molecule has 4 heteroatoms. The van der Waals surface area contributed by atoms with Crippen LogP contribution in [0.3, 0.4) is 0 Å². The molecule has 0 aliphatic carbocycles. The first-order valence-electron chi connectivity index (χ1n) is 5.30. The maximum atomic E-state index is 11.8. The molecule has 0 fully saturated rings. The van der Waals surface area contributed by atoms with E-state index in [-0.39, 0.29) is 0 Å². The second-order valence-electron chi connectivity index (χ2n) is 3.88. The second-order valence-corrected chi connectivity index (χ2v) is 3.88. The van der Waals surface area contributed by atoms with E-state index in [4.69, 9.17) is 0 Å². The van der Waals surface area contributed by atoms with Crippen molar-refractivity contribution in [3.63, 3.8) is 0 Å². The zero-order chi connectivity index (χ0) is 12.0. The van der Waals surface area contributed by atoms with Crippen LogP contribution in [0.15, 0.2) is 24.3 Å². The summed E-state index contributed by atoms with van der Waals surface area (Å²) in [5.74, 6) is 0. The van der Waals surface area contributed by atoms with E-state index < -0.39 is 12.7 Å². The smallest absolute Gasteiger partial charge is 0.309 e. The zero-order valence-corrected chi connectivity index (χ0v) is 9.27. The maximum absolute atomic E-state index is 11.8. The number of hydrogen-bond donors (Lipinski definition) is 1. The molecule has 0 atom stereocenters. The van der Waals surface area contributed by atoms with Gasteiger partial charge in [-0.15, -0.1) is 0 Å². The average molecular weight is 231 g/mol. The van der Waals surface area contributed by atoms with Crippen LogP contribution in [-0.4, -0.2) is 19.3 Å². The number of hydrogen-bond acceptors (Lipinski definition) is 1. The quantitative estimate of drug-likeness (QED) is 0.768. The van der Waals surface area contributed by atoms with Gasteiger partial charge in [-0.1, -0.05) is 29.8 Å². The van der Waals surface area contributed by atoms with Gasteiger partial charge in [0.15, 0.2) is 0 Å². The van der Waals surface area contributed by atoms with Crippen LogP contribution < -0.4 is 5.32 Å². The number of halogens is 3. The summed E-state index contributed by atoms with van der Waals surface area (Å²) in [6.07, 6.45) is -2.57. The fourth-order valence-corrected chi connectivity index (χ4v) is 1.52. The van der Waals surface area contributed by atoms with Crippen LogP contribution in [0.1, 0.15) is 17.5 Å². The first-order chi connectivity index (χ1) is 7.47. The predicted octanol–water partition coefficient (Wildman–Crippen LogP) is 3.08. The highest BCUT2D eigenvalue weighted by atomic mass is 19.4. The Hall–Kier alpha value is -1.03. The van der Waals surface area contributed by atoms with E-state index in [0.29, 0.717) is 6.54 Å². The molecule has 1 aromatic carbocycles. The van der Waals surface area contributed by atoms with E-state index in [2.05, 4.69) is 11.4 Å². The molecule has 16 heavy (non-hydrogen) atoms. The second kappa shape index (κ2) is 5.89. The summed E-state index contributed by atoms with van der Waals surface area (Å²) in [5, 5.41) is 2.39. The summed E-state index contributed by atoms with van der Waals surface area (Å²) >= 11 is 0. The Bertz CT molecular complexity index is 320. The highest BCUT2D eigenvalue weighted by Gasteiger charge is 2.25. The summed E-state index contributed by atoms with van der Waals surface area (Å²) in [6.45, 7) is 1.50. The SMILES string of the molecule is Cc1cccc(CCCNCC(F)(F)F)c1. The van der Waals surface area contributed by atoms with Crippen molar-refractivity contribution >= 4 is 0 Å². The van der Waals surface area contributed by atoms with Gasteiger partial charge in [-0.05, 0) is 31.9 Å². The Balaban J connectivity index is 2.17. The summed E-state index contributed by atoms with van der Waals surface area (Å²) in [7, 11) is 0.